The Bertz CT molecular complexity index is 980. The number of hydrogen-bond acceptors (Lipinski definition) is 5. The van der Waals surface area contributed by atoms with Gasteiger partial charge in [0.15, 0.2) is 11.6 Å². The minimum Gasteiger partial charge on any atom is -0.486 e. The molecule has 32 heavy (non-hydrogen) atoms. The van der Waals surface area contributed by atoms with Crippen molar-refractivity contribution >= 4 is 17.8 Å². The molecule has 7 nitrogen and oxygen atoms in total. The molecule has 0 saturated heterocycles. The fourth-order valence-electron chi connectivity index (χ4n) is 2.99. The lowest BCUT2D eigenvalue weighted by molar-refractivity contribution is -0.139. The molecule has 0 saturated carbocycles. The smallest absolute Gasteiger partial charge is 0.420 e. The molecule has 2 aromatic rings. The number of pyridine rings is 1. The summed E-state index contributed by atoms with van der Waals surface area (Å²) in [5.41, 5.74) is 3.76. The monoisotopic (exact) mass is 457 g/mol. The Kier molecular flexibility index (Phi) is 8.01. The fourth-order valence-corrected chi connectivity index (χ4v) is 2.99. The molecule has 1 atom stereocenters. The molecule has 0 aliphatic carbocycles. The molecule has 0 spiro atoms. The van der Waals surface area contributed by atoms with Gasteiger partial charge in [-0.1, -0.05) is 13.8 Å². The van der Waals surface area contributed by atoms with Crippen LogP contribution in [0.5, 0.6) is 5.75 Å². The lowest BCUT2D eigenvalue weighted by Crippen LogP contribution is -2.30. The molecule has 2 amide bonds. The highest BCUT2D eigenvalue weighted by molar-refractivity contribution is 5.88. The Labute approximate surface area is 181 Å². The van der Waals surface area contributed by atoms with Crippen LogP contribution in [0.3, 0.4) is 0 Å². The summed E-state index contributed by atoms with van der Waals surface area (Å²) >= 11 is 0. The largest absolute Gasteiger partial charge is 0.486 e. The number of nitrogens with one attached hydrogen (secondary N) is 1. The number of benzene rings is 1. The Morgan fingerprint density at radius 1 is 1.19 bits per heavy atom. The van der Waals surface area contributed by atoms with Crippen molar-refractivity contribution in [2.45, 2.75) is 39.5 Å². The molecule has 1 aromatic carbocycles. The number of anilines is 1. The number of hydrogen-bond donors (Lipinski definition) is 2. The molecule has 0 radical (unpaired) electrons. The lowest BCUT2D eigenvalue weighted by atomic mass is 10.0. The number of carbonyl (C=O) groups excluding carboxylic acids is 2. The highest BCUT2D eigenvalue weighted by Gasteiger charge is 2.37. The number of nitrogens with zero attached hydrogens (tertiary/aromatic N) is 1. The van der Waals surface area contributed by atoms with Gasteiger partial charge < -0.3 is 20.5 Å². The third-order valence-corrected chi connectivity index (χ3v) is 4.18. The second-order valence-corrected chi connectivity index (χ2v) is 7.44. The average molecular weight is 457 g/mol. The van der Waals surface area contributed by atoms with Crippen LogP contribution in [-0.2, 0) is 15.7 Å². The Hall–Kier alpha value is -3.37. The van der Waals surface area contributed by atoms with Gasteiger partial charge in [0.1, 0.15) is 24.1 Å². The number of primary amides is 1. The summed E-state index contributed by atoms with van der Waals surface area (Å²) in [6, 6.07) is 4.30. The number of aromatic nitrogens is 1. The summed E-state index contributed by atoms with van der Waals surface area (Å²) in [4.78, 5) is 26.1. The van der Waals surface area contributed by atoms with Gasteiger partial charge in [-0.2, -0.15) is 13.2 Å². The zero-order valence-corrected chi connectivity index (χ0v) is 17.6. The zero-order chi connectivity index (χ0) is 24.1. The van der Waals surface area contributed by atoms with Crippen LogP contribution in [0.2, 0.25) is 0 Å². The van der Waals surface area contributed by atoms with Crippen molar-refractivity contribution in [3.63, 3.8) is 0 Å². The van der Waals surface area contributed by atoms with E-state index in [0.29, 0.717) is 0 Å². The summed E-state index contributed by atoms with van der Waals surface area (Å²) in [5, 5.41) is 2.41. The van der Waals surface area contributed by atoms with Crippen molar-refractivity contribution < 1.29 is 36.6 Å². The van der Waals surface area contributed by atoms with Gasteiger partial charge in [-0.25, -0.2) is 14.2 Å². The van der Waals surface area contributed by atoms with Gasteiger partial charge in [-0.15, -0.1) is 0 Å². The van der Waals surface area contributed by atoms with E-state index in [1.807, 2.05) is 0 Å². The van der Waals surface area contributed by atoms with Crippen molar-refractivity contribution in [3.05, 3.63) is 41.8 Å². The maximum atomic E-state index is 14.8. The standard InChI is InChI=1S/C21H23F4N3O4/c1-11(2)6-15(32-20(26)30)10-31-19-16(21(23,24)25)7-14(8-17(19)22)13-4-5-27-18(9-13)28-12(3)29/h4-5,7-9,11,15H,6,10H2,1-3H3,(H2,26,30)(H,27,28,29). The first-order chi connectivity index (χ1) is 14.9. The van der Waals surface area contributed by atoms with E-state index in [-0.39, 0.29) is 29.3 Å². The van der Waals surface area contributed by atoms with Crippen LogP contribution in [0.4, 0.5) is 28.2 Å². The minimum absolute atomic E-state index is 0.0155. The molecule has 1 heterocycles. The normalized spacial score (nSPS) is 12.4. The second kappa shape index (κ2) is 10.3. The molecule has 11 heteroatoms. The molecule has 0 aliphatic heterocycles. The van der Waals surface area contributed by atoms with Gasteiger partial charge in [-0.05, 0) is 47.7 Å². The summed E-state index contributed by atoms with van der Waals surface area (Å²) in [6.07, 6.45) is -5.47. The summed E-state index contributed by atoms with van der Waals surface area (Å²) in [7, 11) is 0. The van der Waals surface area contributed by atoms with E-state index in [9.17, 15) is 27.2 Å². The highest BCUT2D eigenvalue weighted by Crippen LogP contribution is 2.41. The third-order valence-electron chi connectivity index (χ3n) is 4.18. The first-order valence-electron chi connectivity index (χ1n) is 9.60. The average Bonchev–Trinajstić information content (AvgIpc) is 2.64. The molecule has 1 unspecified atom stereocenters. The van der Waals surface area contributed by atoms with Crippen molar-refractivity contribution in [3.8, 4) is 16.9 Å². The van der Waals surface area contributed by atoms with Crippen LogP contribution in [0.15, 0.2) is 30.5 Å². The molecule has 0 aliphatic rings. The SMILES string of the molecule is CC(=O)Nc1cc(-c2cc(F)c(OCC(CC(C)C)OC(N)=O)c(C(F)(F)F)c2)ccn1. The third kappa shape index (κ3) is 7.10. The second-order valence-electron chi connectivity index (χ2n) is 7.44. The predicted molar refractivity (Wildman–Crippen MR) is 108 cm³/mol. The number of ether oxygens (including phenoxy) is 2. The molecule has 0 bridgehead atoms. The van der Waals surface area contributed by atoms with E-state index < -0.39 is 48.0 Å². The van der Waals surface area contributed by atoms with E-state index in [2.05, 4.69) is 10.3 Å². The number of alkyl halides is 3. The number of amides is 2. The molecular formula is C21H23F4N3O4. The molecular weight excluding hydrogens is 434 g/mol. The van der Waals surface area contributed by atoms with Crippen LogP contribution in [0.25, 0.3) is 11.1 Å². The Morgan fingerprint density at radius 3 is 2.44 bits per heavy atom. The van der Waals surface area contributed by atoms with Crippen molar-refractivity contribution in [2.24, 2.45) is 11.7 Å². The van der Waals surface area contributed by atoms with E-state index in [4.69, 9.17) is 15.2 Å². The summed E-state index contributed by atoms with van der Waals surface area (Å²) < 4.78 is 65.8. The lowest BCUT2D eigenvalue weighted by Gasteiger charge is -2.21. The number of halogens is 4. The van der Waals surface area contributed by atoms with Crippen LogP contribution in [-0.4, -0.2) is 29.7 Å². The molecule has 2 rings (SSSR count). The molecule has 174 valence electrons. The summed E-state index contributed by atoms with van der Waals surface area (Å²) in [6.45, 7) is 4.34. The van der Waals surface area contributed by atoms with Crippen LogP contribution in [0.1, 0.15) is 32.8 Å². The van der Waals surface area contributed by atoms with Crippen molar-refractivity contribution in [1.82, 2.24) is 4.98 Å². The van der Waals surface area contributed by atoms with Gasteiger partial charge in [-0.3, -0.25) is 4.79 Å². The Balaban J connectivity index is 2.41. The van der Waals surface area contributed by atoms with Gasteiger partial charge in [0.05, 0.1) is 0 Å². The van der Waals surface area contributed by atoms with Gasteiger partial charge in [0.25, 0.3) is 0 Å². The number of carbonyl (C=O) groups is 2. The van der Waals surface area contributed by atoms with Crippen molar-refractivity contribution in [1.29, 1.82) is 0 Å². The Morgan fingerprint density at radius 2 is 1.88 bits per heavy atom. The first-order valence-corrected chi connectivity index (χ1v) is 9.60. The van der Waals surface area contributed by atoms with Crippen LogP contribution < -0.4 is 15.8 Å². The van der Waals surface area contributed by atoms with E-state index in [1.54, 1.807) is 13.8 Å². The van der Waals surface area contributed by atoms with Crippen LogP contribution >= 0.6 is 0 Å². The maximum absolute atomic E-state index is 14.8. The van der Waals surface area contributed by atoms with Gasteiger partial charge in [0.2, 0.25) is 5.91 Å². The number of rotatable bonds is 8. The highest BCUT2D eigenvalue weighted by atomic mass is 19.4. The van der Waals surface area contributed by atoms with Crippen LogP contribution in [0, 0.1) is 11.7 Å². The molecule has 0 fully saturated rings. The van der Waals surface area contributed by atoms with E-state index in [0.717, 1.165) is 12.1 Å². The topological polar surface area (TPSA) is 104 Å². The van der Waals surface area contributed by atoms with Gasteiger partial charge in [0, 0.05) is 13.1 Å². The zero-order valence-electron chi connectivity index (χ0n) is 17.6. The van der Waals surface area contributed by atoms with E-state index in [1.165, 1.54) is 25.3 Å². The minimum atomic E-state index is -4.93. The first kappa shape index (κ1) is 24.9. The quantitative estimate of drug-likeness (QED) is 0.557. The van der Waals surface area contributed by atoms with Gasteiger partial charge >= 0.3 is 12.3 Å². The van der Waals surface area contributed by atoms with E-state index >= 15 is 0 Å². The maximum Gasteiger partial charge on any atom is 0.420 e. The predicted octanol–water partition coefficient (Wildman–Crippen LogP) is 4.75. The molecule has 1 aromatic heterocycles. The number of nitrogens with two attached hydrogens (primary N) is 1. The summed E-state index contributed by atoms with van der Waals surface area (Å²) in [5.74, 6) is -2.57. The van der Waals surface area contributed by atoms with Crippen molar-refractivity contribution in [2.75, 3.05) is 11.9 Å². The molecule has 3 N–H and O–H groups in total. The fraction of sp³-hybridized carbons (Fsp3) is 0.381.